The molecular formula is C15H27NO2. The fraction of sp³-hybridized carbons (Fsp3) is 0.933. The van der Waals surface area contributed by atoms with Crippen molar-refractivity contribution in [1.29, 1.82) is 0 Å². The van der Waals surface area contributed by atoms with Crippen molar-refractivity contribution in [3.05, 3.63) is 0 Å². The van der Waals surface area contributed by atoms with Crippen molar-refractivity contribution in [2.75, 3.05) is 19.7 Å². The number of nitrogens with zero attached hydrogens (tertiary/aromatic N) is 1. The van der Waals surface area contributed by atoms with Gasteiger partial charge in [0.1, 0.15) is 0 Å². The number of unbranched alkanes of at least 4 members (excludes halogenated alkanes) is 1. The second-order valence-electron chi connectivity index (χ2n) is 6.15. The van der Waals surface area contributed by atoms with Gasteiger partial charge in [0.25, 0.3) is 0 Å². The molecule has 0 bridgehead atoms. The summed E-state index contributed by atoms with van der Waals surface area (Å²) >= 11 is 0. The SMILES string of the molecule is CCCCC1CCC(C(=O)N2CC(CO)C2)CC1. The van der Waals surface area contributed by atoms with E-state index >= 15 is 0 Å². The predicted octanol–water partition coefficient (Wildman–Crippen LogP) is 2.43. The normalized spacial score (nSPS) is 29.1. The van der Waals surface area contributed by atoms with Crippen molar-refractivity contribution >= 4 is 5.91 Å². The lowest BCUT2D eigenvalue weighted by Crippen LogP contribution is -2.53. The Bertz CT molecular complexity index is 266. The first-order valence-electron chi connectivity index (χ1n) is 7.64. The van der Waals surface area contributed by atoms with Crippen LogP contribution in [0.15, 0.2) is 0 Å². The zero-order chi connectivity index (χ0) is 13.0. The number of carbonyl (C=O) groups excluding carboxylic acids is 1. The van der Waals surface area contributed by atoms with Gasteiger partial charge in [-0.15, -0.1) is 0 Å². The molecule has 0 unspecified atom stereocenters. The largest absolute Gasteiger partial charge is 0.396 e. The van der Waals surface area contributed by atoms with Crippen LogP contribution in [0, 0.1) is 17.8 Å². The van der Waals surface area contributed by atoms with Gasteiger partial charge in [0.05, 0.1) is 0 Å². The fourth-order valence-corrected chi connectivity index (χ4v) is 3.31. The van der Waals surface area contributed by atoms with Crippen LogP contribution >= 0.6 is 0 Å². The minimum Gasteiger partial charge on any atom is -0.396 e. The van der Waals surface area contributed by atoms with Crippen molar-refractivity contribution in [2.45, 2.75) is 51.9 Å². The Morgan fingerprint density at radius 2 is 1.83 bits per heavy atom. The van der Waals surface area contributed by atoms with E-state index in [4.69, 9.17) is 5.11 Å². The quantitative estimate of drug-likeness (QED) is 0.817. The van der Waals surface area contributed by atoms with E-state index in [1.807, 2.05) is 4.90 Å². The first-order chi connectivity index (χ1) is 8.74. The third kappa shape index (κ3) is 3.25. The molecule has 0 aromatic heterocycles. The van der Waals surface area contributed by atoms with E-state index in [0.29, 0.717) is 11.8 Å². The Kier molecular flexibility index (Phi) is 5.04. The Morgan fingerprint density at radius 1 is 1.17 bits per heavy atom. The summed E-state index contributed by atoms with van der Waals surface area (Å²) in [6, 6.07) is 0. The Hall–Kier alpha value is -0.570. The summed E-state index contributed by atoms with van der Waals surface area (Å²) in [6.07, 6.45) is 8.65. The molecule has 2 aliphatic rings. The van der Waals surface area contributed by atoms with Crippen LogP contribution in [0.4, 0.5) is 0 Å². The Morgan fingerprint density at radius 3 is 2.39 bits per heavy atom. The maximum absolute atomic E-state index is 12.2. The molecule has 1 heterocycles. The zero-order valence-corrected chi connectivity index (χ0v) is 11.6. The van der Waals surface area contributed by atoms with Crippen molar-refractivity contribution in [2.24, 2.45) is 17.8 Å². The minimum absolute atomic E-state index is 0.230. The van der Waals surface area contributed by atoms with Gasteiger partial charge >= 0.3 is 0 Å². The van der Waals surface area contributed by atoms with Crippen molar-refractivity contribution in [1.82, 2.24) is 4.90 Å². The van der Waals surface area contributed by atoms with E-state index in [1.54, 1.807) is 0 Å². The minimum atomic E-state index is 0.230. The molecule has 1 saturated heterocycles. The highest BCUT2D eigenvalue weighted by molar-refractivity contribution is 5.79. The van der Waals surface area contributed by atoms with Gasteiger partial charge < -0.3 is 10.0 Å². The first kappa shape index (κ1) is 13.9. The molecule has 0 spiro atoms. The van der Waals surface area contributed by atoms with Crippen molar-refractivity contribution in [3.63, 3.8) is 0 Å². The van der Waals surface area contributed by atoms with Gasteiger partial charge in [-0.3, -0.25) is 4.79 Å². The van der Waals surface area contributed by atoms with Gasteiger partial charge in [0.15, 0.2) is 0 Å². The molecule has 0 aromatic rings. The third-order valence-corrected chi connectivity index (χ3v) is 4.69. The molecule has 1 aliphatic heterocycles. The van der Waals surface area contributed by atoms with Crippen LogP contribution in [-0.2, 0) is 4.79 Å². The van der Waals surface area contributed by atoms with E-state index in [1.165, 1.54) is 32.1 Å². The summed E-state index contributed by atoms with van der Waals surface area (Å²) in [5.41, 5.74) is 0. The molecule has 18 heavy (non-hydrogen) atoms. The highest BCUT2D eigenvalue weighted by Gasteiger charge is 2.35. The first-order valence-corrected chi connectivity index (χ1v) is 7.64. The van der Waals surface area contributed by atoms with Gasteiger partial charge in [-0.2, -0.15) is 0 Å². The standard InChI is InChI=1S/C15H27NO2/c1-2-3-4-12-5-7-14(8-6-12)15(18)16-9-13(10-16)11-17/h12-14,17H,2-11H2,1H3. The number of rotatable bonds is 5. The van der Waals surface area contributed by atoms with E-state index in [9.17, 15) is 4.79 Å². The van der Waals surface area contributed by atoms with Gasteiger partial charge in [0, 0.05) is 31.5 Å². The van der Waals surface area contributed by atoms with Gasteiger partial charge in [0.2, 0.25) is 5.91 Å². The number of aliphatic hydroxyl groups excluding tert-OH is 1. The monoisotopic (exact) mass is 253 g/mol. The molecular weight excluding hydrogens is 226 g/mol. The second-order valence-corrected chi connectivity index (χ2v) is 6.15. The van der Waals surface area contributed by atoms with Gasteiger partial charge in [-0.1, -0.05) is 26.2 Å². The molecule has 3 heteroatoms. The lowest BCUT2D eigenvalue weighted by molar-refractivity contribution is -0.144. The van der Waals surface area contributed by atoms with Gasteiger partial charge in [-0.25, -0.2) is 0 Å². The molecule has 104 valence electrons. The molecule has 1 saturated carbocycles. The van der Waals surface area contributed by atoms with Crippen LogP contribution in [0.5, 0.6) is 0 Å². The topological polar surface area (TPSA) is 40.5 Å². The lowest BCUT2D eigenvalue weighted by atomic mass is 9.79. The molecule has 0 atom stereocenters. The summed E-state index contributed by atoms with van der Waals surface area (Å²) in [5, 5.41) is 8.98. The highest BCUT2D eigenvalue weighted by atomic mass is 16.3. The molecule has 1 amide bonds. The van der Waals surface area contributed by atoms with E-state index in [-0.39, 0.29) is 12.5 Å². The number of hydrogen-bond donors (Lipinski definition) is 1. The average molecular weight is 253 g/mol. The third-order valence-electron chi connectivity index (χ3n) is 4.69. The lowest BCUT2D eigenvalue weighted by Gasteiger charge is -2.41. The number of likely N-dealkylation sites (tertiary alicyclic amines) is 1. The van der Waals surface area contributed by atoms with Crippen LogP contribution in [-0.4, -0.2) is 35.6 Å². The maximum Gasteiger partial charge on any atom is 0.225 e. The average Bonchev–Trinajstić information content (AvgIpc) is 2.35. The van der Waals surface area contributed by atoms with E-state index < -0.39 is 0 Å². The zero-order valence-electron chi connectivity index (χ0n) is 11.6. The number of aliphatic hydroxyl groups is 1. The number of amides is 1. The highest BCUT2D eigenvalue weighted by Crippen LogP contribution is 2.34. The summed E-state index contributed by atoms with van der Waals surface area (Å²) < 4.78 is 0. The van der Waals surface area contributed by atoms with Crippen LogP contribution in [0.3, 0.4) is 0 Å². The molecule has 0 aromatic carbocycles. The van der Waals surface area contributed by atoms with Crippen molar-refractivity contribution < 1.29 is 9.90 Å². The molecule has 2 rings (SSSR count). The molecule has 3 nitrogen and oxygen atoms in total. The molecule has 1 aliphatic carbocycles. The van der Waals surface area contributed by atoms with Crippen LogP contribution in [0.1, 0.15) is 51.9 Å². The van der Waals surface area contributed by atoms with E-state index in [2.05, 4.69) is 6.92 Å². The van der Waals surface area contributed by atoms with E-state index in [0.717, 1.165) is 31.8 Å². The van der Waals surface area contributed by atoms with Crippen LogP contribution in [0.2, 0.25) is 0 Å². The fourth-order valence-electron chi connectivity index (χ4n) is 3.31. The van der Waals surface area contributed by atoms with Gasteiger partial charge in [-0.05, 0) is 31.6 Å². The number of carbonyl (C=O) groups is 1. The summed E-state index contributed by atoms with van der Waals surface area (Å²) in [7, 11) is 0. The van der Waals surface area contributed by atoms with Crippen LogP contribution < -0.4 is 0 Å². The number of hydrogen-bond acceptors (Lipinski definition) is 2. The molecule has 1 N–H and O–H groups in total. The molecule has 2 fully saturated rings. The predicted molar refractivity (Wildman–Crippen MR) is 72.1 cm³/mol. The maximum atomic E-state index is 12.2. The summed E-state index contributed by atoms with van der Waals surface area (Å²) in [5.74, 6) is 1.85. The van der Waals surface area contributed by atoms with Crippen LogP contribution in [0.25, 0.3) is 0 Å². The molecule has 0 radical (unpaired) electrons. The summed E-state index contributed by atoms with van der Waals surface area (Å²) in [6.45, 7) is 4.04. The Labute approximate surface area is 111 Å². The summed E-state index contributed by atoms with van der Waals surface area (Å²) in [4.78, 5) is 14.1. The smallest absolute Gasteiger partial charge is 0.225 e. The second kappa shape index (κ2) is 6.55. The Balaban J connectivity index is 1.68. The van der Waals surface area contributed by atoms with Crippen molar-refractivity contribution in [3.8, 4) is 0 Å².